The number of carbonyl (C=O) groups excluding carboxylic acids is 1. The number of carbonyl (C=O) groups is 1. The van der Waals surface area contributed by atoms with Gasteiger partial charge in [0, 0.05) is 42.1 Å². The predicted octanol–water partition coefficient (Wildman–Crippen LogP) is 4.14. The van der Waals surface area contributed by atoms with E-state index in [0.29, 0.717) is 0 Å². The van der Waals surface area contributed by atoms with Gasteiger partial charge in [-0.3, -0.25) is 4.79 Å². The Bertz CT molecular complexity index is 981. The van der Waals surface area contributed by atoms with Crippen LogP contribution in [0.3, 0.4) is 0 Å². The molecule has 3 aromatic rings. The molecular weight excluding hydrogens is 388 g/mol. The zero-order valence-corrected chi connectivity index (χ0v) is 18.0. The normalized spacial score (nSPS) is 15.8. The van der Waals surface area contributed by atoms with E-state index in [2.05, 4.69) is 53.0 Å². The van der Waals surface area contributed by atoms with Gasteiger partial charge in [-0.1, -0.05) is 30.0 Å². The van der Waals surface area contributed by atoms with Gasteiger partial charge in [-0.2, -0.15) is 0 Å². The zero-order chi connectivity index (χ0) is 19.7. The minimum Gasteiger partial charge on any atom is -0.368 e. The highest BCUT2D eigenvalue weighted by molar-refractivity contribution is 8.00. The SMILES string of the molecule is Cc1sc2ncnc(S[C@@H](C)C(=O)N3CCN(c4ccccc4)CC3)c2c1C. The van der Waals surface area contributed by atoms with Crippen LogP contribution in [0.2, 0.25) is 0 Å². The first-order chi connectivity index (χ1) is 13.5. The highest BCUT2D eigenvalue weighted by Crippen LogP contribution is 2.36. The van der Waals surface area contributed by atoms with E-state index in [0.717, 1.165) is 41.4 Å². The molecule has 1 amide bonds. The highest BCUT2D eigenvalue weighted by atomic mass is 32.2. The van der Waals surface area contributed by atoms with Crippen LogP contribution in [-0.4, -0.2) is 52.2 Å². The van der Waals surface area contributed by atoms with Gasteiger partial charge in [-0.05, 0) is 38.5 Å². The predicted molar refractivity (Wildman–Crippen MR) is 117 cm³/mol. The fourth-order valence-electron chi connectivity index (χ4n) is 3.54. The first-order valence-corrected chi connectivity index (χ1v) is 11.2. The summed E-state index contributed by atoms with van der Waals surface area (Å²) in [6.45, 7) is 9.46. The summed E-state index contributed by atoms with van der Waals surface area (Å²) in [7, 11) is 0. The number of rotatable bonds is 4. The molecule has 0 spiro atoms. The number of para-hydroxylation sites is 1. The molecule has 146 valence electrons. The van der Waals surface area contributed by atoms with Crippen LogP contribution >= 0.6 is 23.1 Å². The molecule has 1 aliphatic rings. The number of thiophene rings is 1. The fraction of sp³-hybridized carbons (Fsp3) is 0.381. The number of thioether (sulfide) groups is 1. The Labute approximate surface area is 173 Å². The van der Waals surface area contributed by atoms with E-state index in [1.165, 1.54) is 16.1 Å². The molecule has 0 unspecified atom stereocenters. The average molecular weight is 413 g/mol. The summed E-state index contributed by atoms with van der Waals surface area (Å²) in [5, 5.41) is 1.85. The minimum atomic E-state index is -0.166. The zero-order valence-electron chi connectivity index (χ0n) is 16.4. The number of benzene rings is 1. The first-order valence-electron chi connectivity index (χ1n) is 9.50. The summed E-state index contributed by atoms with van der Waals surface area (Å²) >= 11 is 3.24. The van der Waals surface area contributed by atoms with Crippen molar-refractivity contribution >= 4 is 44.9 Å². The summed E-state index contributed by atoms with van der Waals surface area (Å²) in [6.07, 6.45) is 1.61. The second-order valence-electron chi connectivity index (χ2n) is 7.05. The topological polar surface area (TPSA) is 49.3 Å². The Morgan fingerprint density at radius 1 is 1.11 bits per heavy atom. The molecule has 2 aromatic heterocycles. The number of nitrogens with zero attached hydrogens (tertiary/aromatic N) is 4. The average Bonchev–Trinajstić information content (AvgIpc) is 3.03. The molecule has 1 aromatic carbocycles. The van der Waals surface area contributed by atoms with E-state index in [9.17, 15) is 4.79 Å². The molecule has 5 nitrogen and oxygen atoms in total. The summed E-state index contributed by atoms with van der Waals surface area (Å²) in [4.78, 5) is 28.5. The third-order valence-electron chi connectivity index (χ3n) is 5.28. The number of hydrogen-bond donors (Lipinski definition) is 0. The second kappa shape index (κ2) is 8.09. The number of hydrogen-bond acceptors (Lipinski definition) is 6. The van der Waals surface area contributed by atoms with Crippen LogP contribution in [0.5, 0.6) is 0 Å². The van der Waals surface area contributed by atoms with Crippen molar-refractivity contribution in [2.75, 3.05) is 31.1 Å². The van der Waals surface area contributed by atoms with E-state index in [4.69, 9.17) is 0 Å². The van der Waals surface area contributed by atoms with Gasteiger partial charge in [0.05, 0.1) is 5.25 Å². The summed E-state index contributed by atoms with van der Waals surface area (Å²) < 4.78 is 0. The summed E-state index contributed by atoms with van der Waals surface area (Å²) in [6, 6.07) is 10.4. The molecule has 1 saturated heterocycles. The van der Waals surface area contributed by atoms with Crippen LogP contribution in [0, 0.1) is 13.8 Å². The summed E-state index contributed by atoms with van der Waals surface area (Å²) in [5.74, 6) is 0.189. The smallest absolute Gasteiger partial charge is 0.235 e. The lowest BCUT2D eigenvalue weighted by Gasteiger charge is -2.37. The molecule has 28 heavy (non-hydrogen) atoms. The second-order valence-corrected chi connectivity index (χ2v) is 9.58. The van der Waals surface area contributed by atoms with Gasteiger partial charge in [-0.15, -0.1) is 11.3 Å². The number of anilines is 1. The number of aromatic nitrogens is 2. The molecular formula is C21H24N4OS2. The highest BCUT2D eigenvalue weighted by Gasteiger charge is 2.27. The van der Waals surface area contributed by atoms with E-state index in [1.54, 1.807) is 29.4 Å². The maximum atomic E-state index is 13.0. The number of aryl methyl sites for hydroxylation is 2. The molecule has 1 aliphatic heterocycles. The lowest BCUT2D eigenvalue weighted by Crippen LogP contribution is -2.50. The van der Waals surface area contributed by atoms with Crippen LogP contribution < -0.4 is 4.90 Å². The van der Waals surface area contributed by atoms with Crippen molar-refractivity contribution in [3.8, 4) is 0 Å². The van der Waals surface area contributed by atoms with Crippen molar-refractivity contribution in [2.45, 2.75) is 31.0 Å². The molecule has 4 rings (SSSR count). The fourth-order valence-corrected chi connectivity index (χ4v) is 5.66. The Hall–Kier alpha value is -2.12. The van der Waals surface area contributed by atoms with Gasteiger partial charge in [0.2, 0.25) is 5.91 Å². The van der Waals surface area contributed by atoms with Gasteiger partial charge in [-0.25, -0.2) is 9.97 Å². The minimum absolute atomic E-state index is 0.166. The Kier molecular flexibility index (Phi) is 5.55. The van der Waals surface area contributed by atoms with E-state index >= 15 is 0 Å². The summed E-state index contributed by atoms with van der Waals surface area (Å²) in [5.41, 5.74) is 2.45. The number of fused-ring (bicyclic) bond motifs is 1. The largest absolute Gasteiger partial charge is 0.368 e. The molecule has 3 heterocycles. The van der Waals surface area contributed by atoms with E-state index in [-0.39, 0.29) is 11.2 Å². The number of piperazine rings is 1. The van der Waals surface area contributed by atoms with E-state index < -0.39 is 0 Å². The third kappa shape index (κ3) is 3.73. The first kappa shape index (κ1) is 19.2. The molecule has 0 bridgehead atoms. The van der Waals surface area contributed by atoms with E-state index in [1.807, 2.05) is 17.9 Å². The van der Waals surface area contributed by atoms with Crippen LogP contribution in [-0.2, 0) is 4.79 Å². The van der Waals surface area contributed by atoms with Gasteiger partial charge in [0.15, 0.2) is 0 Å². The van der Waals surface area contributed by atoms with Gasteiger partial charge < -0.3 is 9.80 Å². The third-order valence-corrected chi connectivity index (χ3v) is 7.48. The molecule has 0 aliphatic carbocycles. The Morgan fingerprint density at radius 2 is 1.82 bits per heavy atom. The lowest BCUT2D eigenvalue weighted by molar-refractivity contribution is -0.130. The van der Waals surface area contributed by atoms with Crippen LogP contribution in [0.25, 0.3) is 10.2 Å². The number of amides is 1. The van der Waals surface area contributed by atoms with Crippen molar-refractivity contribution in [3.05, 3.63) is 47.1 Å². The van der Waals surface area contributed by atoms with Crippen LogP contribution in [0.4, 0.5) is 5.69 Å². The van der Waals surface area contributed by atoms with Crippen LogP contribution in [0.1, 0.15) is 17.4 Å². The Morgan fingerprint density at radius 3 is 2.54 bits per heavy atom. The maximum Gasteiger partial charge on any atom is 0.235 e. The van der Waals surface area contributed by atoms with Crippen molar-refractivity contribution in [1.29, 1.82) is 0 Å². The molecule has 0 saturated carbocycles. The molecule has 1 fully saturated rings. The molecule has 0 N–H and O–H groups in total. The maximum absolute atomic E-state index is 13.0. The quantitative estimate of drug-likeness (QED) is 0.476. The van der Waals surface area contributed by atoms with Crippen molar-refractivity contribution in [2.24, 2.45) is 0 Å². The lowest BCUT2D eigenvalue weighted by atomic mass is 10.2. The monoisotopic (exact) mass is 412 g/mol. The van der Waals surface area contributed by atoms with Gasteiger partial charge in [0.25, 0.3) is 0 Å². The molecule has 0 radical (unpaired) electrons. The van der Waals surface area contributed by atoms with Gasteiger partial charge in [0.1, 0.15) is 16.2 Å². The van der Waals surface area contributed by atoms with Crippen LogP contribution in [0.15, 0.2) is 41.7 Å². The molecule has 1 atom stereocenters. The standard InChI is InChI=1S/C21H24N4OS2/c1-14-15(2)27-19-18(14)20(23-13-22-19)28-16(3)21(26)25-11-9-24(10-12-25)17-7-5-4-6-8-17/h4-8,13,16H,9-12H2,1-3H3/t16-/m0/s1. The van der Waals surface area contributed by atoms with Crippen molar-refractivity contribution in [3.63, 3.8) is 0 Å². The van der Waals surface area contributed by atoms with Crippen molar-refractivity contribution < 1.29 is 4.79 Å². The van der Waals surface area contributed by atoms with Gasteiger partial charge >= 0.3 is 0 Å². The van der Waals surface area contributed by atoms with Crippen molar-refractivity contribution in [1.82, 2.24) is 14.9 Å². The molecule has 7 heteroatoms. The Balaban J connectivity index is 1.42.